The van der Waals surface area contributed by atoms with Crippen molar-refractivity contribution in [2.75, 3.05) is 13.1 Å². The van der Waals surface area contributed by atoms with Crippen LogP contribution in [0.3, 0.4) is 0 Å². The number of aliphatic hydroxyl groups is 1. The molecule has 78 valence electrons. The molecule has 1 aliphatic heterocycles. The highest BCUT2D eigenvalue weighted by Crippen LogP contribution is 2.08. The van der Waals surface area contributed by atoms with Crippen LogP contribution in [0, 0.1) is 0 Å². The van der Waals surface area contributed by atoms with E-state index in [0.717, 1.165) is 5.56 Å². The Morgan fingerprint density at radius 3 is 3.00 bits per heavy atom. The number of hydrogen-bond acceptors (Lipinski definition) is 3. The molecule has 2 heterocycles. The third kappa shape index (κ3) is 2.41. The minimum Gasteiger partial charge on any atom is -0.389 e. The minimum atomic E-state index is -0.347. The lowest BCUT2D eigenvalue weighted by Gasteiger charge is -2.34. The maximum Gasteiger partial charge on any atom is 0.246 e. The topological polar surface area (TPSA) is 53.4 Å². The van der Waals surface area contributed by atoms with Gasteiger partial charge in [-0.2, -0.15) is 0 Å². The summed E-state index contributed by atoms with van der Waals surface area (Å²) in [4.78, 5) is 17.0. The minimum absolute atomic E-state index is 0.0656. The molecule has 0 aliphatic carbocycles. The van der Waals surface area contributed by atoms with Gasteiger partial charge in [0.2, 0.25) is 5.91 Å². The van der Waals surface area contributed by atoms with Gasteiger partial charge in [-0.3, -0.25) is 9.78 Å². The quantitative estimate of drug-likeness (QED) is 0.705. The standard InChI is InChI=1S/C11H12N2O2/c14-10-7-13(8-10)11(15)4-3-9-2-1-5-12-6-9/h1-6,10,14H,7-8H2. The van der Waals surface area contributed by atoms with Crippen molar-refractivity contribution in [2.45, 2.75) is 6.10 Å². The summed E-state index contributed by atoms with van der Waals surface area (Å²) in [7, 11) is 0. The fourth-order valence-electron chi connectivity index (χ4n) is 1.38. The Kier molecular flexibility index (Phi) is 2.78. The maximum atomic E-state index is 11.5. The van der Waals surface area contributed by atoms with Crippen LogP contribution in [0.5, 0.6) is 0 Å². The van der Waals surface area contributed by atoms with Crippen LogP contribution in [0.4, 0.5) is 0 Å². The van der Waals surface area contributed by atoms with Crippen molar-refractivity contribution < 1.29 is 9.90 Å². The fraction of sp³-hybridized carbons (Fsp3) is 0.273. The van der Waals surface area contributed by atoms with Crippen LogP contribution in [-0.2, 0) is 4.79 Å². The van der Waals surface area contributed by atoms with E-state index < -0.39 is 0 Å². The van der Waals surface area contributed by atoms with E-state index in [-0.39, 0.29) is 12.0 Å². The Labute approximate surface area is 87.9 Å². The van der Waals surface area contributed by atoms with Crippen LogP contribution >= 0.6 is 0 Å². The third-order valence-electron chi connectivity index (χ3n) is 2.28. The molecular weight excluding hydrogens is 192 g/mol. The zero-order valence-electron chi connectivity index (χ0n) is 8.21. The normalized spacial score (nSPS) is 16.7. The first-order valence-corrected chi connectivity index (χ1v) is 4.81. The van der Waals surface area contributed by atoms with Crippen LogP contribution in [0.2, 0.25) is 0 Å². The van der Waals surface area contributed by atoms with Gasteiger partial charge >= 0.3 is 0 Å². The van der Waals surface area contributed by atoms with Crippen LogP contribution in [0.25, 0.3) is 6.08 Å². The molecule has 2 rings (SSSR count). The molecule has 4 heteroatoms. The highest BCUT2D eigenvalue weighted by atomic mass is 16.3. The molecule has 0 atom stereocenters. The number of hydrogen-bond donors (Lipinski definition) is 1. The van der Waals surface area contributed by atoms with Crippen molar-refractivity contribution in [3.8, 4) is 0 Å². The number of rotatable bonds is 2. The van der Waals surface area contributed by atoms with Gasteiger partial charge in [-0.15, -0.1) is 0 Å². The Morgan fingerprint density at radius 1 is 1.60 bits per heavy atom. The molecule has 1 aromatic heterocycles. The van der Waals surface area contributed by atoms with E-state index in [1.165, 1.54) is 6.08 Å². The van der Waals surface area contributed by atoms with Crippen LogP contribution < -0.4 is 0 Å². The smallest absolute Gasteiger partial charge is 0.246 e. The van der Waals surface area contributed by atoms with Crippen molar-refractivity contribution >= 4 is 12.0 Å². The summed E-state index contributed by atoms with van der Waals surface area (Å²) in [5, 5.41) is 9.02. The predicted octanol–water partition coefficient (Wildman–Crippen LogP) is 0.298. The molecule has 1 aliphatic rings. The highest BCUT2D eigenvalue weighted by molar-refractivity contribution is 5.92. The van der Waals surface area contributed by atoms with Crippen LogP contribution in [0.1, 0.15) is 5.56 Å². The summed E-state index contributed by atoms with van der Waals surface area (Å²) in [6.45, 7) is 0.881. The van der Waals surface area contributed by atoms with Gasteiger partial charge in [0.25, 0.3) is 0 Å². The number of nitrogens with zero attached hydrogens (tertiary/aromatic N) is 2. The number of aromatic nitrogens is 1. The lowest BCUT2D eigenvalue weighted by atomic mass is 10.1. The van der Waals surface area contributed by atoms with Crippen LogP contribution in [-0.4, -0.2) is 40.1 Å². The SMILES string of the molecule is O=C(C=Cc1cccnc1)N1CC(O)C1. The predicted molar refractivity (Wildman–Crippen MR) is 55.9 cm³/mol. The summed E-state index contributed by atoms with van der Waals surface area (Å²) >= 11 is 0. The zero-order valence-corrected chi connectivity index (χ0v) is 8.21. The maximum absolute atomic E-state index is 11.5. The second-order valence-corrected chi connectivity index (χ2v) is 3.52. The van der Waals surface area contributed by atoms with E-state index >= 15 is 0 Å². The van der Waals surface area contributed by atoms with E-state index in [1.54, 1.807) is 23.4 Å². The molecule has 1 aromatic rings. The van der Waals surface area contributed by atoms with E-state index in [1.807, 2.05) is 12.1 Å². The molecule has 1 saturated heterocycles. The molecular formula is C11H12N2O2. The number of amides is 1. The van der Waals surface area contributed by atoms with Crippen molar-refractivity contribution in [3.63, 3.8) is 0 Å². The largest absolute Gasteiger partial charge is 0.389 e. The fourth-order valence-corrected chi connectivity index (χ4v) is 1.38. The molecule has 1 N–H and O–H groups in total. The lowest BCUT2D eigenvalue weighted by molar-refractivity contribution is -0.135. The molecule has 0 spiro atoms. The zero-order chi connectivity index (χ0) is 10.7. The Morgan fingerprint density at radius 2 is 2.40 bits per heavy atom. The molecule has 1 fully saturated rings. The van der Waals surface area contributed by atoms with Gasteiger partial charge in [0.05, 0.1) is 6.10 Å². The molecule has 15 heavy (non-hydrogen) atoms. The number of carbonyl (C=O) groups is 1. The number of aliphatic hydroxyl groups excluding tert-OH is 1. The van der Waals surface area contributed by atoms with Gasteiger partial charge in [0.15, 0.2) is 0 Å². The van der Waals surface area contributed by atoms with E-state index in [4.69, 9.17) is 5.11 Å². The Hall–Kier alpha value is -1.68. The number of pyridine rings is 1. The Bertz CT molecular complexity index is 369. The van der Waals surface area contributed by atoms with Crippen molar-refractivity contribution in [1.29, 1.82) is 0 Å². The second kappa shape index (κ2) is 4.23. The van der Waals surface area contributed by atoms with Gasteiger partial charge in [0, 0.05) is 31.6 Å². The van der Waals surface area contributed by atoms with E-state index in [9.17, 15) is 4.79 Å². The number of likely N-dealkylation sites (tertiary alicyclic amines) is 1. The second-order valence-electron chi connectivity index (χ2n) is 3.52. The monoisotopic (exact) mass is 204 g/mol. The summed E-state index contributed by atoms with van der Waals surface area (Å²) < 4.78 is 0. The summed E-state index contributed by atoms with van der Waals surface area (Å²) in [6, 6.07) is 3.69. The van der Waals surface area contributed by atoms with Crippen molar-refractivity contribution in [1.82, 2.24) is 9.88 Å². The van der Waals surface area contributed by atoms with Gasteiger partial charge in [-0.05, 0) is 17.7 Å². The summed E-state index contributed by atoms with van der Waals surface area (Å²) in [6.07, 6.45) is 6.25. The molecule has 0 aromatic carbocycles. The average molecular weight is 204 g/mol. The van der Waals surface area contributed by atoms with E-state index in [0.29, 0.717) is 13.1 Å². The molecule has 0 bridgehead atoms. The van der Waals surface area contributed by atoms with Crippen molar-refractivity contribution in [3.05, 3.63) is 36.2 Å². The highest BCUT2D eigenvalue weighted by Gasteiger charge is 2.26. The third-order valence-corrected chi connectivity index (χ3v) is 2.28. The van der Waals surface area contributed by atoms with Gasteiger partial charge in [-0.25, -0.2) is 0 Å². The van der Waals surface area contributed by atoms with E-state index in [2.05, 4.69) is 4.98 Å². The molecule has 4 nitrogen and oxygen atoms in total. The lowest BCUT2D eigenvalue weighted by Crippen LogP contribution is -2.52. The average Bonchev–Trinajstić information content (AvgIpc) is 2.23. The first-order valence-electron chi connectivity index (χ1n) is 4.81. The van der Waals surface area contributed by atoms with Crippen molar-refractivity contribution in [2.24, 2.45) is 0 Å². The van der Waals surface area contributed by atoms with Gasteiger partial charge in [-0.1, -0.05) is 6.07 Å². The number of carbonyl (C=O) groups excluding carboxylic acids is 1. The molecule has 1 amide bonds. The van der Waals surface area contributed by atoms with Gasteiger partial charge in [0.1, 0.15) is 0 Å². The first-order chi connectivity index (χ1) is 7.25. The molecule has 0 unspecified atom stereocenters. The summed E-state index contributed by atoms with van der Waals surface area (Å²) in [5.74, 6) is -0.0656. The molecule has 0 saturated carbocycles. The number of β-amino-alcohol motifs (C(OH)–C–C–N with tert-alkyl or cyclic N) is 1. The van der Waals surface area contributed by atoms with Gasteiger partial charge < -0.3 is 10.0 Å². The summed E-state index contributed by atoms with van der Waals surface area (Å²) in [5.41, 5.74) is 0.895. The molecule has 0 radical (unpaired) electrons. The Balaban J connectivity index is 1.92. The van der Waals surface area contributed by atoms with Crippen LogP contribution in [0.15, 0.2) is 30.6 Å². The first kappa shape index (κ1) is 9.86.